The van der Waals surface area contributed by atoms with Crippen molar-refractivity contribution < 1.29 is 14.6 Å². The van der Waals surface area contributed by atoms with E-state index in [2.05, 4.69) is 34.9 Å². The molecule has 2 aliphatic heterocycles. The Bertz CT molecular complexity index is 775. The Labute approximate surface area is 173 Å². The minimum absolute atomic E-state index is 0.125. The minimum Gasteiger partial charge on any atom is -0.492 e. The van der Waals surface area contributed by atoms with Crippen LogP contribution in [0.3, 0.4) is 0 Å². The molecule has 5 nitrogen and oxygen atoms in total. The van der Waals surface area contributed by atoms with Gasteiger partial charge >= 0.3 is 0 Å². The van der Waals surface area contributed by atoms with E-state index < -0.39 is 0 Å². The second-order valence-corrected chi connectivity index (χ2v) is 8.24. The maximum Gasteiger partial charge on any atom is 0.123 e. The molecular weight excluding hydrogens is 364 g/mol. The van der Waals surface area contributed by atoms with Crippen molar-refractivity contribution in [3.05, 3.63) is 59.7 Å². The highest BCUT2D eigenvalue weighted by atomic mass is 16.5. The van der Waals surface area contributed by atoms with Gasteiger partial charge in [-0.3, -0.25) is 9.80 Å². The summed E-state index contributed by atoms with van der Waals surface area (Å²) < 4.78 is 12.0. The summed E-state index contributed by atoms with van der Waals surface area (Å²) in [5.41, 5.74) is 2.57. The molecule has 1 N–H and O–H groups in total. The number of likely N-dealkylation sites (tertiary alicyclic amines) is 1. The molecule has 2 heterocycles. The SMILES string of the molecule is C[C@H](COc1ccccc1)N1CCOc2ccc(CN3CCC(O)CC3)cc2C1. The highest BCUT2D eigenvalue weighted by Gasteiger charge is 2.22. The number of para-hydroxylation sites is 1. The summed E-state index contributed by atoms with van der Waals surface area (Å²) in [5.74, 6) is 1.92. The molecule has 2 aromatic carbocycles. The molecule has 0 unspecified atom stereocenters. The monoisotopic (exact) mass is 396 g/mol. The van der Waals surface area contributed by atoms with E-state index in [0.29, 0.717) is 19.3 Å². The van der Waals surface area contributed by atoms with Gasteiger partial charge in [-0.15, -0.1) is 0 Å². The Kier molecular flexibility index (Phi) is 6.70. The first-order valence-corrected chi connectivity index (χ1v) is 10.7. The van der Waals surface area contributed by atoms with Crippen LogP contribution in [-0.2, 0) is 13.1 Å². The Morgan fingerprint density at radius 1 is 1.10 bits per heavy atom. The van der Waals surface area contributed by atoms with Crippen LogP contribution in [0.2, 0.25) is 0 Å². The van der Waals surface area contributed by atoms with Gasteiger partial charge in [-0.25, -0.2) is 0 Å². The fourth-order valence-electron chi connectivity index (χ4n) is 4.12. The number of hydrogen-bond acceptors (Lipinski definition) is 5. The highest BCUT2D eigenvalue weighted by Crippen LogP contribution is 2.26. The molecule has 0 aliphatic carbocycles. The molecule has 2 aromatic rings. The molecule has 0 aromatic heterocycles. The lowest BCUT2D eigenvalue weighted by molar-refractivity contribution is 0.0792. The highest BCUT2D eigenvalue weighted by molar-refractivity contribution is 5.38. The number of aliphatic hydroxyl groups is 1. The predicted octanol–water partition coefficient (Wildman–Crippen LogP) is 3.31. The van der Waals surface area contributed by atoms with Crippen LogP contribution in [-0.4, -0.2) is 59.9 Å². The third kappa shape index (κ3) is 5.50. The van der Waals surface area contributed by atoms with Crippen LogP contribution in [0.15, 0.2) is 48.5 Å². The van der Waals surface area contributed by atoms with Gasteiger partial charge in [0.05, 0.1) is 6.10 Å². The summed E-state index contributed by atoms with van der Waals surface area (Å²) in [6.45, 7) is 8.22. The summed E-state index contributed by atoms with van der Waals surface area (Å²) in [5, 5.41) is 9.72. The number of hydrogen-bond donors (Lipinski definition) is 1. The molecule has 0 amide bonds. The number of ether oxygens (including phenoxy) is 2. The van der Waals surface area contributed by atoms with Gasteiger partial charge in [0, 0.05) is 44.3 Å². The lowest BCUT2D eigenvalue weighted by Crippen LogP contribution is -2.38. The van der Waals surface area contributed by atoms with Gasteiger partial charge in [0.15, 0.2) is 0 Å². The summed E-state index contributed by atoms with van der Waals surface area (Å²) >= 11 is 0. The molecule has 4 rings (SSSR count). The van der Waals surface area contributed by atoms with E-state index in [9.17, 15) is 5.11 Å². The second-order valence-electron chi connectivity index (χ2n) is 8.24. The zero-order chi connectivity index (χ0) is 20.1. The van der Waals surface area contributed by atoms with Crippen molar-refractivity contribution in [3.8, 4) is 11.5 Å². The van der Waals surface area contributed by atoms with E-state index in [1.54, 1.807) is 0 Å². The number of aliphatic hydroxyl groups excluding tert-OH is 1. The molecule has 0 radical (unpaired) electrons. The Balaban J connectivity index is 1.38. The van der Waals surface area contributed by atoms with Gasteiger partial charge in [0.1, 0.15) is 24.7 Å². The first-order chi connectivity index (χ1) is 14.2. The van der Waals surface area contributed by atoms with Gasteiger partial charge in [-0.05, 0) is 49.6 Å². The standard InChI is InChI=1S/C24H32N2O3/c1-19(18-29-23-5-3-2-4-6-23)26-13-14-28-24-8-7-20(15-21(24)17-26)16-25-11-9-22(27)10-12-25/h2-8,15,19,22,27H,9-14,16-18H2,1H3/t19-/m1/s1. The summed E-state index contributed by atoms with van der Waals surface area (Å²) in [4.78, 5) is 4.87. The zero-order valence-corrected chi connectivity index (χ0v) is 17.3. The molecule has 156 valence electrons. The van der Waals surface area contributed by atoms with Crippen molar-refractivity contribution >= 4 is 0 Å². The Morgan fingerprint density at radius 2 is 1.90 bits per heavy atom. The number of benzene rings is 2. The maximum absolute atomic E-state index is 9.72. The summed E-state index contributed by atoms with van der Waals surface area (Å²) in [6.07, 6.45) is 1.63. The number of rotatable bonds is 6. The van der Waals surface area contributed by atoms with Crippen molar-refractivity contribution in [2.24, 2.45) is 0 Å². The first kappa shape index (κ1) is 20.2. The molecule has 1 saturated heterocycles. The molecule has 0 saturated carbocycles. The molecule has 1 fully saturated rings. The van der Waals surface area contributed by atoms with E-state index in [-0.39, 0.29) is 6.10 Å². The first-order valence-electron chi connectivity index (χ1n) is 10.7. The van der Waals surface area contributed by atoms with Crippen molar-refractivity contribution in [1.82, 2.24) is 9.80 Å². The normalized spacial score (nSPS) is 19.8. The molecule has 5 heteroatoms. The van der Waals surface area contributed by atoms with Gasteiger partial charge < -0.3 is 14.6 Å². The van der Waals surface area contributed by atoms with Crippen LogP contribution in [0, 0.1) is 0 Å². The molecule has 0 bridgehead atoms. The van der Waals surface area contributed by atoms with E-state index >= 15 is 0 Å². The smallest absolute Gasteiger partial charge is 0.123 e. The number of nitrogens with zero attached hydrogens (tertiary/aromatic N) is 2. The third-order valence-corrected chi connectivity index (χ3v) is 5.96. The van der Waals surface area contributed by atoms with E-state index in [0.717, 1.165) is 57.1 Å². The van der Waals surface area contributed by atoms with Crippen LogP contribution in [0.5, 0.6) is 11.5 Å². The van der Waals surface area contributed by atoms with Crippen LogP contribution in [0.4, 0.5) is 0 Å². The van der Waals surface area contributed by atoms with E-state index in [1.807, 2.05) is 30.3 Å². The van der Waals surface area contributed by atoms with Crippen molar-refractivity contribution in [2.45, 2.75) is 45.0 Å². The average molecular weight is 397 g/mol. The lowest BCUT2D eigenvalue weighted by atomic mass is 10.0. The predicted molar refractivity (Wildman–Crippen MR) is 114 cm³/mol. The van der Waals surface area contributed by atoms with Crippen molar-refractivity contribution in [1.29, 1.82) is 0 Å². The summed E-state index contributed by atoms with van der Waals surface area (Å²) in [6, 6.07) is 16.9. The minimum atomic E-state index is -0.125. The van der Waals surface area contributed by atoms with Gasteiger partial charge in [0.25, 0.3) is 0 Å². The third-order valence-electron chi connectivity index (χ3n) is 5.96. The molecule has 29 heavy (non-hydrogen) atoms. The molecule has 2 aliphatic rings. The van der Waals surface area contributed by atoms with Crippen LogP contribution in [0.1, 0.15) is 30.9 Å². The Morgan fingerprint density at radius 3 is 2.69 bits per heavy atom. The van der Waals surface area contributed by atoms with E-state index in [4.69, 9.17) is 9.47 Å². The van der Waals surface area contributed by atoms with Crippen LogP contribution < -0.4 is 9.47 Å². The van der Waals surface area contributed by atoms with Gasteiger partial charge in [0.2, 0.25) is 0 Å². The number of fused-ring (bicyclic) bond motifs is 1. The van der Waals surface area contributed by atoms with Gasteiger partial charge in [-0.1, -0.05) is 24.3 Å². The molecule has 0 spiro atoms. The van der Waals surface area contributed by atoms with E-state index in [1.165, 1.54) is 11.1 Å². The molecular formula is C24H32N2O3. The fourth-order valence-corrected chi connectivity index (χ4v) is 4.12. The van der Waals surface area contributed by atoms with Crippen molar-refractivity contribution in [2.75, 3.05) is 32.8 Å². The number of piperidine rings is 1. The summed E-state index contributed by atoms with van der Waals surface area (Å²) in [7, 11) is 0. The zero-order valence-electron chi connectivity index (χ0n) is 17.3. The second kappa shape index (κ2) is 9.61. The maximum atomic E-state index is 9.72. The average Bonchev–Trinajstić information content (AvgIpc) is 2.96. The van der Waals surface area contributed by atoms with Gasteiger partial charge in [-0.2, -0.15) is 0 Å². The topological polar surface area (TPSA) is 45.2 Å². The fraction of sp³-hybridized carbons (Fsp3) is 0.500. The largest absolute Gasteiger partial charge is 0.492 e. The van der Waals surface area contributed by atoms with Crippen LogP contribution in [0.25, 0.3) is 0 Å². The lowest BCUT2D eigenvalue weighted by Gasteiger charge is -2.30. The molecule has 1 atom stereocenters. The quantitative estimate of drug-likeness (QED) is 0.812. The Hall–Kier alpha value is -2.08. The van der Waals surface area contributed by atoms with Crippen molar-refractivity contribution in [3.63, 3.8) is 0 Å². The van der Waals surface area contributed by atoms with Crippen LogP contribution >= 0.6 is 0 Å².